The number of hydrogen-bond donors (Lipinski definition) is 2. The zero-order valence-corrected chi connectivity index (χ0v) is 20.4. The smallest absolute Gasteiger partial charge is 0.352 e. The average Bonchev–Trinajstić information content (AvgIpc) is 3.20. The van der Waals surface area contributed by atoms with Crippen LogP contribution in [-0.2, 0) is 29.1 Å². The first kappa shape index (κ1) is 24.9. The molecule has 0 saturated heterocycles. The van der Waals surface area contributed by atoms with E-state index in [1.807, 2.05) is 44.2 Å². The number of para-hydroxylation sites is 1. The van der Waals surface area contributed by atoms with Gasteiger partial charge in [-0.3, -0.25) is 19.0 Å². The van der Waals surface area contributed by atoms with Crippen molar-refractivity contribution in [1.82, 2.24) is 29.4 Å². The zero-order chi connectivity index (χ0) is 25.7. The van der Waals surface area contributed by atoms with Crippen molar-refractivity contribution < 1.29 is 9.59 Å². The van der Waals surface area contributed by atoms with Crippen molar-refractivity contribution in [3.8, 4) is 0 Å². The molecule has 0 radical (unpaired) electrons. The van der Waals surface area contributed by atoms with Crippen molar-refractivity contribution in [2.75, 3.05) is 6.54 Å². The number of hydrogen-bond acceptors (Lipinski definition) is 5. The summed E-state index contributed by atoms with van der Waals surface area (Å²) in [5.74, 6) is -0.457. The second-order valence-electron chi connectivity index (χ2n) is 8.76. The Morgan fingerprint density at radius 1 is 1.00 bits per heavy atom. The Morgan fingerprint density at radius 2 is 1.72 bits per heavy atom. The highest BCUT2D eigenvalue weighted by atomic mass is 16.2. The van der Waals surface area contributed by atoms with Crippen LogP contribution in [0, 0.1) is 0 Å². The van der Waals surface area contributed by atoms with Crippen LogP contribution in [0.1, 0.15) is 32.3 Å². The number of aromatic nitrogens is 4. The summed E-state index contributed by atoms with van der Waals surface area (Å²) >= 11 is 0. The van der Waals surface area contributed by atoms with Gasteiger partial charge in [-0.05, 0) is 37.5 Å². The third-order valence-corrected chi connectivity index (χ3v) is 6.14. The standard InChI is InChI=1S/C26H30N6O4/c1-3-18(2)28-22(33)14-16-30-24(35)20-11-7-8-12-21(20)32-25(30)29-31(26(32)36)17-23(34)27-15-13-19-9-5-4-6-10-19/h4-12,18H,3,13-17H2,1-2H3,(H,27,34)(H,28,33)/t18-/m0/s1. The van der Waals surface area contributed by atoms with Gasteiger partial charge in [0.2, 0.25) is 17.6 Å². The lowest BCUT2D eigenvalue weighted by Crippen LogP contribution is -2.34. The summed E-state index contributed by atoms with van der Waals surface area (Å²) in [6.07, 6.45) is 1.51. The minimum atomic E-state index is -0.530. The van der Waals surface area contributed by atoms with Crippen molar-refractivity contribution in [2.24, 2.45) is 0 Å². The molecular weight excluding hydrogens is 460 g/mol. The molecule has 2 amide bonds. The first-order valence-corrected chi connectivity index (χ1v) is 12.1. The van der Waals surface area contributed by atoms with Crippen molar-refractivity contribution in [3.63, 3.8) is 0 Å². The molecule has 4 aromatic rings. The monoisotopic (exact) mass is 490 g/mol. The lowest BCUT2D eigenvalue weighted by atomic mass is 10.1. The number of aryl methyl sites for hydroxylation is 1. The molecule has 188 valence electrons. The fourth-order valence-corrected chi connectivity index (χ4v) is 4.02. The molecule has 2 heterocycles. The van der Waals surface area contributed by atoms with Gasteiger partial charge in [-0.2, -0.15) is 0 Å². The highest BCUT2D eigenvalue weighted by Gasteiger charge is 2.19. The van der Waals surface area contributed by atoms with E-state index in [1.165, 1.54) is 8.97 Å². The second-order valence-corrected chi connectivity index (χ2v) is 8.76. The third kappa shape index (κ3) is 5.37. The SMILES string of the molecule is CC[C@H](C)NC(=O)CCn1c(=O)c2ccccc2n2c(=O)n(CC(=O)NCCc3ccccc3)nc12. The Balaban J connectivity index is 1.60. The Bertz CT molecular complexity index is 1500. The van der Waals surface area contributed by atoms with E-state index in [0.29, 0.717) is 23.9 Å². The summed E-state index contributed by atoms with van der Waals surface area (Å²) < 4.78 is 3.69. The molecule has 2 N–H and O–H groups in total. The Hall–Kier alpha value is -4.21. The van der Waals surface area contributed by atoms with Gasteiger partial charge in [0.1, 0.15) is 6.54 Å². The number of carbonyl (C=O) groups excluding carboxylic acids is 2. The molecule has 4 rings (SSSR count). The van der Waals surface area contributed by atoms with Crippen LogP contribution < -0.4 is 21.9 Å². The molecule has 0 aliphatic carbocycles. The van der Waals surface area contributed by atoms with Crippen LogP contribution in [-0.4, -0.2) is 43.1 Å². The molecule has 1 atom stereocenters. The van der Waals surface area contributed by atoms with Gasteiger partial charge in [-0.25, -0.2) is 13.9 Å². The van der Waals surface area contributed by atoms with E-state index in [9.17, 15) is 19.2 Å². The molecule has 0 aliphatic rings. The maximum absolute atomic E-state index is 13.2. The molecular formula is C26H30N6O4. The fourth-order valence-electron chi connectivity index (χ4n) is 4.02. The quantitative estimate of drug-likeness (QED) is 0.349. The molecule has 0 saturated carbocycles. The van der Waals surface area contributed by atoms with E-state index in [0.717, 1.165) is 16.7 Å². The molecule has 10 nitrogen and oxygen atoms in total. The summed E-state index contributed by atoms with van der Waals surface area (Å²) in [6.45, 7) is 4.06. The molecule has 36 heavy (non-hydrogen) atoms. The predicted molar refractivity (Wildman–Crippen MR) is 137 cm³/mol. The van der Waals surface area contributed by atoms with Crippen LogP contribution in [0.5, 0.6) is 0 Å². The van der Waals surface area contributed by atoms with Gasteiger partial charge in [-0.15, -0.1) is 5.10 Å². The molecule has 0 bridgehead atoms. The van der Waals surface area contributed by atoms with Crippen molar-refractivity contribution in [3.05, 3.63) is 81.0 Å². The number of fused-ring (bicyclic) bond motifs is 3. The Labute approximate surface area is 207 Å². The summed E-state index contributed by atoms with van der Waals surface area (Å²) in [7, 11) is 0. The molecule has 0 aliphatic heterocycles. The Kier molecular flexibility index (Phi) is 7.62. The highest BCUT2D eigenvalue weighted by Crippen LogP contribution is 2.11. The topological polar surface area (TPSA) is 120 Å². The van der Waals surface area contributed by atoms with E-state index in [1.54, 1.807) is 24.3 Å². The zero-order valence-electron chi connectivity index (χ0n) is 20.4. The van der Waals surface area contributed by atoms with Crippen LogP contribution in [0.4, 0.5) is 0 Å². The number of benzene rings is 2. The summed E-state index contributed by atoms with van der Waals surface area (Å²) in [5.41, 5.74) is 0.616. The van der Waals surface area contributed by atoms with Crippen molar-refractivity contribution >= 4 is 28.5 Å². The summed E-state index contributed by atoms with van der Waals surface area (Å²) in [5, 5.41) is 10.3. The van der Waals surface area contributed by atoms with Crippen LogP contribution in [0.15, 0.2) is 64.2 Å². The van der Waals surface area contributed by atoms with Crippen molar-refractivity contribution in [2.45, 2.75) is 52.2 Å². The lowest BCUT2D eigenvalue weighted by molar-refractivity contribution is -0.122. The predicted octanol–water partition coefficient (Wildman–Crippen LogP) is 1.47. The van der Waals surface area contributed by atoms with Gasteiger partial charge in [0, 0.05) is 25.6 Å². The van der Waals surface area contributed by atoms with E-state index in [2.05, 4.69) is 15.7 Å². The largest absolute Gasteiger partial charge is 0.354 e. The van der Waals surface area contributed by atoms with Gasteiger partial charge in [0.05, 0.1) is 10.9 Å². The molecule has 2 aromatic heterocycles. The van der Waals surface area contributed by atoms with Gasteiger partial charge in [0.15, 0.2) is 0 Å². The van der Waals surface area contributed by atoms with Gasteiger partial charge in [0.25, 0.3) is 5.56 Å². The first-order valence-electron chi connectivity index (χ1n) is 12.1. The number of amides is 2. The molecule has 0 fully saturated rings. The number of nitrogens with zero attached hydrogens (tertiary/aromatic N) is 4. The van der Waals surface area contributed by atoms with E-state index in [-0.39, 0.29) is 48.7 Å². The second kappa shape index (κ2) is 11.0. The van der Waals surface area contributed by atoms with Gasteiger partial charge >= 0.3 is 5.69 Å². The molecule has 2 aromatic carbocycles. The average molecular weight is 491 g/mol. The van der Waals surface area contributed by atoms with Crippen LogP contribution in [0.25, 0.3) is 16.7 Å². The van der Waals surface area contributed by atoms with Crippen LogP contribution in [0.2, 0.25) is 0 Å². The van der Waals surface area contributed by atoms with Gasteiger partial charge in [-0.1, -0.05) is 49.4 Å². The van der Waals surface area contributed by atoms with Crippen LogP contribution in [0.3, 0.4) is 0 Å². The normalized spacial score (nSPS) is 12.1. The minimum Gasteiger partial charge on any atom is -0.354 e. The first-order chi connectivity index (χ1) is 17.4. The maximum atomic E-state index is 13.2. The maximum Gasteiger partial charge on any atom is 0.352 e. The molecule has 10 heteroatoms. The summed E-state index contributed by atoms with van der Waals surface area (Å²) in [4.78, 5) is 51.4. The minimum absolute atomic E-state index is 0.0214. The lowest BCUT2D eigenvalue weighted by Gasteiger charge is -2.12. The Morgan fingerprint density at radius 3 is 2.47 bits per heavy atom. The highest BCUT2D eigenvalue weighted by molar-refractivity contribution is 5.80. The molecule has 0 unspecified atom stereocenters. The van der Waals surface area contributed by atoms with E-state index < -0.39 is 5.69 Å². The fraction of sp³-hybridized carbons (Fsp3) is 0.346. The van der Waals surface area contributed by atoms with E-state index in [4.69, 9.17) is 0 Å². The summed E-state index contributed by atoms with van der Waals surface area (Å²) in [6, 6.07) is 16.5. The number of carbonyl (C=O) groups is 2. The number of nitrogens with one attached hydrogen (secondary N) is 2. The molecule has 0 spiro atoms. The van der Waals surface area contributed by atoms with E-state index >= 15 is 0 Å². The van der Waals surface area contributed by atoms with Gasteiger partial charge < -0.3 is 10.6 Å². The van der Waals surface area contributed by atoms with Crippen molar-refractivity contribution in [1.29, 1.82) is 0 Å². The third-order valence-electron chi connectivity index (χ3n) is 6.14. The number of rotatable bonds is 10. The van der Waals surface area contributed by atoms with Crippen LogP contribution >= 0.6 is 0 Å².